The zero-order chi connectivity index (χ0) is 12.5. The number of carbonyl (C=O) groups excluding carboxylic acids is 1. The third-order valence-electron chi connectivity index (χ3n) is 2.29. The molecule has 1 aromatic carbocycles. The minimum Gasteiger partial charge on any atom is -0.294 e. The Labute approximate surface area is 111 Å². The van der Waals surface area contributed by atoms with Crippen LogP contribution in [0.1, 0.15) is 24.8 Å². The van der Waals surface area contributed by atoms with Gasteiger partial charge >= 0.3 is 0 Å². The van der Waals surface area contributed by atoms with E-state index < -0.39 is 0 Å². The van der Waals surface area contributed by atoms with E-state index in [4.69, 9.17) is 17.4 Å². The zero-order valence-corrected chi connectivity index (χ0v) is 11.2. The third kappa shape index (κ3) is 6.56. The van der Waals surface area contributed by atoms with Crippen molar-refractivity contribution in [3.05, 3.63) is 34.9 Å². The summed E-state index contributed by atoms with van der Waals surface area (Å²) >= 11 is 7.67. The lowest BCUT2D eigenvalue weighted by Gasteiger charge is -2.02. The normalized spacial score (nSPS) is 10.2. The first kappa shape index (κ1) is 14.4. The number of unbranched alkanes of at least 4 members (excludes halogenated alkanes) is 1. The third-order valence-corrected chi connectivity index (χ3v) is 3.65. The molecule has 0 bridgehead atoms. The smallest absolute Gasteiger partial charge is 0.233 e. The highest BCUT2D eigenvalue weighted by Crippen LogP contribution is 2.16. The fourth-order valence-corrected chi connectivity index (χ4v) is 2.44. The number of thioether (sulfide) groups is 1. The van der Waals surface area contributed by atoms with E-state index in [0.29, 0.717) is 6.42 Å². The van der Waals surface area contributed by atoms with Gasteiger partial charge in [0.1, 0.15) is 0 Å². The summed E-state index contributed by atoms with van der Waals surface area (Å²) in [4.78, 5) is 10.8. The lowest BCUT2D eigenvalue weighted by molar-refractivity contribution is -0.121. The molecule has 0 aliphatic carbocycles. The Balaban J connectivity index is 2.04. The molecule has 0 atom stereocenters. The van der Waals surface area contributed by atoms with E-state index >= 15 is 0 Å². The number of amides is 1. The zero-order valence-electron chi connectivity index (χ0n) is 9.62. The highest BCUT2D eigenvalue weighted by Gasteiger charge is 1.98. The van der Waals surface area contributed by atoms with Crippen molar-refractivity contribution in [2.24, 2.45) is 5.84 Å². The summed E-state index contributed by atoms with van der Waals surface area (Å²) in [5.41, 5.74) is 3.41. The Morgan fingerprint density at radius 1 is 1.29 bits per heavy atom. The van der Waals surface area contributed by atoms with Crippen LogP contribution >= 0.6 is 23.4 Å². The number of hydrogen-bond acceptors (Lipinski definition) is 3. The number of rotatable bonds is 7. The van der Waals surface area contributed by atoms with E-state index in [0.717, 1.165) is 29.4 Å². The van der Waals surface area contributed by atoms with Gasteiger partial charge in [-0.25, -0.2) is 5.84 Å². The predicted molar refractivity (Wildman–Crippen MR) is 73.8 cm³/mol. The van der Waals surface area contributed by atoms with Crippen molar-refractivity contribution < 1.29 is 4.79 Å². The maximum Gasteiger partial charge on any atom is 0.233 e. The average Bonchev–Trinajstić information content (AvgIpc) is 2.35. The molecule has 0 fully saturated rings. The van der Waals surface area contributed by atoms with E-state index in [-0.39, 0.29) is 5.91 Å². The van der Waals surface area contributed by atoms with Crippen LogP contribution in [0, 0.1) is 0 Å². The van der Waals surface area contributed by atoms with Gasteiger partial charge in [-0.2, -0.15) is 11.8 Å². The largest absolute Gasteiger partial charge is 0.294 e. The van der Waals surface area contributed by atoms with Crippen LogP contribution in [0.5, 0.6) is 0 Å². The van der Waals surface area contributed by atoms with Crippen molar-refractivity contribution in [2.75, 3.05) is 5.75 Å². The van der Waals surface area contributed by atoms with Gasteiger partial charge in [0.15, 0.2) is 0 Å². The Bertz CT molecular complexity index is 343. The van der Waals surface area contributed by atoms with Gasteiger partial charge in [-0.05, 0) is 36.3 Å². The predicted octanol–water partition coefficient (Wildman–Crippen LogP) is 2.73. The van der Waals surface area contributed by atoms with Gasteiger partial charge in [0.05, 0.1) is 0 Å². The molecule has 1 aromatic rings. The molecule has 3 N–H and O–H groups in total. The number of hydrazine groups is 1. The average molecular weight is 273 g/mol. The molecule has 94 valence electrons. The summed E-state index contributed by atoms with van der Waals surface area (Å²) in [7, 11) is 0. The molecule has 0 aromatic heterocycles. The summed E-state index contributed by atoms with van der Waals surface area (Å²) < 4.78 is 0. The first-order valence-corrected chi connectivity index (χ1v) is 7.07. The van der Waals surface area contributed by atoms with Crippen molar-refractivity contribution in [3.8, 4) is 0 Å². The molecule has 0 aliphatic heterocycles. The van der Waals surface area contributed by atoms with Crippen LogP contribution in [0.25, 0.3) is 0 Å². The second-order valence-corrected chi connectivity index (χ2v) is 5.25. The van der Waals surface area contributed by atoms with E-state index in [1.165, 1.54) is 5.56 Å². The summed E-state index contributed by atoms with van der Waals surface area (Å²) in [5.74, 6) is 6.94. The van der Waals surface area contributed by atoms with Crippen LogP contribution in [0.15, 0.2) is 24.3 Å². The monoisotopic (exact) mass is 272 g/mol. The summed E-state index contributed by atoms with van der Waals surface area (Å²) in [6.45, 7) is 0. The SMILES string of the molecule is NNC(=O)CCCCSCc1ccc(Cl)cc1. The van der Waals surface area contributed by atoms with E-state index in [2.05, 4.69) is 5.43 Å². The summed E-state index contributed by atoms with van der Waals surface area (Å²) in [5, 5.41) is 0.770. The van der Waals surface area contributed by atoms with Crippen LogP contribution in [-0.4, -0.2) is 11.7 Å². The van der Waals surface area contributed by atoms with Crippen LogP contribution in [0.3, 0.4) is 0 Å². The highest BCUT2D eigenvalue weighted by atomic mass is 35.5. The fraction of sp³-hybridized carbons (Fsp3) is 0.417. The van der Waals surface area contributed by atoms with Crippen LogP contribution < -0.4 is 11.3 Å². The Kier molecular flexibility index (Phi) is 7.08. The molecule has 1 rings (SSSR count). The number of halogens is 1. The van der Waals surface area contributed by atoms with Gasteiger partial charge in [0.2, 0.25) is 5.91 Å². The van der Waals surface area contributed by atoms with Crippen molar-refractivity contribution in [1.29, 1.82) is 0 Å². The molecule has 17 heavy (non-hydrogen) atoms. The van der Waals surface area contributed by atoms with Gasteiger partial charge in [0.25, 0.3) is 0 Å². The van der Waals surface area contributed by atoms with Crippen LogP contribution in [-0.2, 0) is 10.5 Å². The van der Waals surface area contributed by atoms with Gasteiger partial charge in [0, 0.05) is 17.2 Å². The Morgan fingerprint density at radius 3 is 2.65 bits per heavy atom. The van der Waals surface area contributed by atoms with Gasteiger partial charge < -0.3 is 0 Å². The van der Waals surface area contributed by atoms with Gasteiger partial charge in [-0.15, -0.1) is 0 Å². The van der Waals surface area contributed by atoms with Gasteiger partial charge in [-0.3, -0.25) is 10.2 Å². The number of hydrogen-bond donors (Lipinski definition) is 2. The van der Waals surface area contributed by atoms with Crippen LogP contribution in [0.2, 0.25) is 5.02 Å². The molecular formula is C12H17ClN2OS. The first-order valence-electron chi connectivity index (χ1n) is 5.54. The number of nitrogens with one attached hydrogen (secondary N) is 1. The second kappa shape index (κ2) is 8.39. The van der Waals surface area contributed by atoms with E-state index in [1.54, 1.807) is 0 Å². The fourth-order valence-electron chi connectivity index (χ4n) is 1.33. The van der Waals surface area contributed by atoms with Crippen molar-refractivity contribution in [1.82, 2.24) is 5.43 Å². The standard InChI is InChI=1S/C12H17ClN2OS/c13-11-6-4-10(5-7-11)9-17-8-2-1-3-12(16)15-14/h4-7H,1-3,8-9,14H2,(H,15,16). The lowest BCUT2D eigenvalue weighted by Crippen LogP contribution is -2.29. The Morgan fingerprint density at radius 2 is 2.00 bits per heavy atom. The van der Waals surface area contributed by atoms with Crippen LogP contribution in [0.4, 0.5) is 0 Å². The first-order chi connectivity index (χ1) is 8.22. The molecule has 0 aliphatic rings. The number of nitrogens with two attached hydrogens (primary N) is 1. The molecule has 0 spiro atoms. The minimum absolute atomic E-state index is 0.0901. The second-order valence-electron chi connectivity index (χ2n) is 3.70. The molecule has 0 saturated carbocycles. The minimum atomic E-state index is -0.0901. The van der Waals surface area contributed by atoms with Crippen molar-refractivity contribution in [2.45, 2.75) is 25.0 Å². The van der Waals surface area contributed by atoms with E-state index in [9.17, 15) is 4.79 Å². The maximum absolute atomic E-state index is 10.8. The topological polar surface area (TPSA) is 55.1 Å². The molecule has 3 nitrogen and oxygen atoms in total. The number of carbonyl (C=O) groups is 1. The highest BCUT2D eigenvalue weighted by molar-refractivity contribution is 7.98. The molecule has 0 saturated heterocycles. The van der Waals surface area contributed by atoms with Crippen molar-refractivity contribution >= 4 is 29.3 Å². The summed E-state index contributed by atoms with van der Waals surface area (Å²) in [6, 6.07) is 7.89. The molecule has 0 unspecified atom stereocenters. The molecule has 1 amide bonds. The molecule has 0 radical (unpaired) electrons. The van der Waals surface area contributed by atoms with E-state index in [1.807, 2.05) is 36.0 Å². The lowest BCUT2D eigenvalue weighted by atomic mass is 10.2. The molecule has 0 heterocycles. The quantitative estimate of drug-likeness (QED) is 0.347. The maximum atomic E-state index is 10.8. The molecule has 5 heteroatoms. The van der Waals surface area contributed by atoms with Crippen molar-refractivity contribution in [3.63, 3.8) is 0 Å². The number of benzene rings is 1. The Hall–Kier alpha value is -0.710. The summed E-state index contributed by atoms with van der Waals surface area (Å²) in [6.07, 6.45) is 2.43. The molecular weight excluding hydrogens is 256 g/mol. The van der Waals surface area contributed by atoms with Gasteiger partial charge in [-0.1, -0.05) is 23.7 Å².